The molecule has 154 valence electrons. The average molecular weight is 402 g/mol. The molecule has 0 atom stereocenters. The van der Waals surface area contributed by atoms with Gasteiger partial charge in [-0.1, -0.05) is 6.07 Å². The van der Waals surface area contributed by atoms with E-state index in [4.69, 9.17) is 18.9 Å². The van der Waals surface area contributed by atoms with E-state index in [1.807, 2.05) is 0 Å². The van der Waals surface area contributed by atoms with E-state index in [1.165, 1.54) is 40.4 Å². The van der Waals surface area contributed by atoms with Crippen LogP contribution in [0.25, 0.3) is 0 Å². The van der Waals surface area contributed by atoms with Gasteiger partial charge in [0.25, 0.3) is 5.91 Å². The minimum absolute atomic E-state index is 0.0885. The molecule has 0 spiro atoms. The largest absolute Gasteiger partial charge is 0.496 e. The van der Waals surface area contributed by atoms with Crippen LogP contribution in [-0.2, 0) is 14.3 Å². The maximum atomic E-state index is 12.4. The Hall–Kier alpha value is -3.75. The van der Waals surface area contributed by atoms with Gasteiger partial charge in [0, 0.05) is 30.4 Å². The first kappa shape index (κ1) is 21.5. The minimum atomic E-state index is -0.759. The molecule has 0 saturated carbocycles. The van der Waals surface area contributed by atoms with Gasteiger partial charge in [0.1, 0.15) is 11.3 Å². The molecule has 2 rings (SSSR count). The van der Waals surface area contributed by atoms with Crippen molar-refractivity contribution in [1.82, 2.24) is 0 Å². The van der Waals surface area contributed by atoms with E-state index in [1.54, 1.807) is 24.3 Å². The molecule has 2 aromatic rings. The Kier molecular flexibility index (Phi) is 7.41. The Balaban J connectivity index is 2.03. The quantitative estimate of drug-likeness (QED) is 0.652. The van der Waals surface area contributed by atoms with Crippen molar-refractivity contribution in [2.45, 2.75) is 6.92 Å². The van der Waals surface area contributed by atoms with Crippen molar-refractivity contribution >= 4 is 29.2 Å². The fraction of sp³-hybridized carbons (Fsp3) is 0.250. The molecule has 29 heavy (non-hydrogen) atoms. The number of esters is 1. The van der Waals surface area contributed by atoms with Crippen molar-refractivity contribution in [3.63, 3.8) is 0 Å². The topological polar surface area (TPSA) is 112 Å². The number of anilines is 2. The molecule has 0 fully saturated rings. The molecule has 0 heterocycles. The minimum Gasteiger partial charge on any atom is -0.496 e. The van der Waals surface area contributed by atoms with Crippen LogP contribution >= 0.6 is 0 Å². The summed E-state index contributed by atoms with van der Waals surface area (Å²) in [6, 6.07) is 9.47. The van der Waals surface area contributed by atoms with Crippen LogP contribution < -0.4 is 24.8 Å². The molecule has 0 aliphatic carbocycles. The van der Waals surface area contributed by atoms with Crippen molar-refractivity contribution < 1.29 is 33.3 Å². The van der Waals surface area contributed by atoms with Gasteiger partial charge in [-0.3, -0.25) is 9.59 Å². The van der Waals surface area contributed by atoms with E-state index in [-0.39, 0.29) is 17.2 Å². The molecular formula is C20H22N2O7. The van der Waals surface area contributed by atoms with Crippen molar-refractivity contribution in [2.24, 2.45) is 0 Å². The van der Waals surface area contributed by atoms with Crippen LogP contribution in [0.4, 0.5) is 11.4 Å². The van der Waals surface area contributed by atoms with Crippen molar-refractivity contribution in [2.75, 3.05) is 38.6 Å². The molecule has 2 aromatic carbocycles. The van der Waals surface area contributed by atoms with Gasteiger partial charge in [-0.05, 0) is 18.2 Å². The predicted molar refractivity (Wildman–Crippen MR) is 106 cm³/mol. The number of amides is 2. The summed E-state index contributed by atoms with van der Waals surface area (Å²) < 4.78 is 20.6. The van der Waals surface area contributed by atoms with E-state index in [0.29, 0.717) is 22.9 Å². The molecule has 0 aliphatic rings. The summed E-state index contributed by atoms with van der Waals surface area (Å²) in [4.78, 5) is 35.6. The third-order valence-corrected chi connectivity index (χ3v) is 3.73. The van der Waals surface area contributed by atoms with Crippen molar-refractivity contribution in [1.29, 1.82) is 0 Å². The third-order valence-electron chi connectivity index (χ3n) is 3.73. The SMILES string of the molecule is COc1cc(OC)c(C(=O)OCC(=O)Nc2cccc(NC(C)=O)c2)cc1OC. The predicted octanol–water partition coefficient (Wildman–Crippen LogP) is 2.47. The summed E-state index contributed by atoms with van der Waals surface area (Å²) in [6.45, 7) is 0.869. The number of nitrogens with one attached hydrogen (secondary N) is 2. The second-order valence-corrected chi connectivity index (χ2v) is 5.79. The molecule has 0 bridgehead atoms. The Bertz CT molecular complexity index is 912. The molecule has 0 aromatic heterocycles. The van der Waals surface area contributed by atoms with Crippen LogP contribution in [0.1, 0.15) is 17.3 Å². The lowest BCUT2D eigenvalue weighted by Gasteiger charge is -2.13. The van der Waals surface area contributed by atoms with Crippen LogP contribution in [-0.4, -0.2) is 45.7 Å². The molecule has 2 amide bonds. The second kappa shape index (κ2) is 9.98. The van der Waals surface area contributed by atoms with Crippen LogP contribution in [0.5, 0.6) is 17.2 Å². The molecule has 9 heteroatoms. The smallest absolute Gasteiger partial charge is 0.342 e. The number of rotatable bonds is 8. The van der Waals surface area contributed by atoms with Gasteiger partial charge in [-0.15, -0.1) is 0 Å². The zero-order chi connectivity index (χ0) is 21.4. The number of hydrogen-bond acceptors (Lipinski definition) is 7. The molecule has 9 nitrogen and oxygen atoms in total. The average Bonchev–Trinajstić information content (AvgIpc) is 2.70. The first-order chi connectivity index (χ1) is 13.9. The highest BCUT2D eigenvalue weighted by atomic mass is 16.5. The zero-order valence-electron chi connectivity index (χ0n) is 16.5. The first-order valence-corrected chi connectivity index (χ1v) is 8.52. The number of ether oxygens (including phenoxy) is 4. The highest BCUT2D eigenvalue weighted by molar-refractivity contribution is 5.98. The van der Waals surface area contributed by atoms with Gasteiger partial charge in [0.15, 0.2) is 18.1 Å². The second-order valence-electron chi connectivity index (χ2n) is 5.79. The zero-order valence-corrected chi connectivity index (χ0v) is 16.5. The normalized spacial score (nSPS) is 9.93. The summed E-state index contributed by atoms with van der Waals surface area (Å²) in [6.07, 6.45) is 0. The number of hydrogen-bond donors (Lipinski definition) is 2. The Morgan fingerprint density at radius 2 is 1.41 bits per heavy atom. The van der Waals surface area contributed by atoms with Crippen molar-refractivity contribution in [3.8, 4) is 17.2 Å². The summed E-state index contributed by atoms with van der Waals surface area (Å²) in [7, 11) is 4.29. The summed E-state index contributed by atoms with van der Waals surface area (Å²) in [5.74, 6) is -0.609. The standard InChI is InChI=1S/C20H22N2O7/c1-12(23)21-13-6-5-7-14(8-13)22-19(24)11-29-20(25)15-9-17(27-3)18(28-4)10-16(15)26-2/h5-10H,11H2,1-4H3,(H,21,23)(H,22,24). The Morgan fingerprint density at radius 3 is 2.00 bits per heavy atom. The maximum Gasteiger partial charge on any atom is 0.342 e. The molecule has 0 unspecified atom stereocenters. The van der Waals surface area contributed by atoms with Crippen LogP contribution in [0.15, 0.2) is 36.4 Å². The fourth-order valence-corrected chi connectivity index (χ4v) is 2.47. The Morgan fingerprint density at radius 1 is 0.828 bits per heavy atom. The van der Waals surface area contributed by atoms with Crippen LogP contribution in [0.2, 0.25) is 0 Å². The van der Waals surface area contributed by atoms with Crippen molar-refractivity contribution in [3.05, 3.63) is 42.0 Å². The first-order valence-electron chi connectivity index (χ1n) is 8.52. The molecule has 0 aliphatic heterocycles. The number of carbonyl (C=O) groups excluding carboxylic acids is 3. The van der Waals surface area contributed by atoms with Gasteiger partial charge in [0.05, 0.1) is 21.3 Å². The number of benzene rings is 2. The number of methoxy groups -OCH3 is 3. The highest BCUT2D eigenvalue weighted by Crippen LogP contribution is 2.34. The third kappa shape index (κ3) is 5.86. The lowest BCUT2D eigenvalue weighted by atomic mass is 10.1. The van der Waals surface area contributed by atoms with E-state index in [2.05, 4.69) is 10.6 Å². The highest BCUT2D eigenvalue weighted by Gasteiger charge is 2.20. The lowest BCUT2D eigenvalue weighted by molar-refractivity contribution is -0.119. The summed E-state index contributed by atoms with van der Waals surface area (Å²) in [5.41, 5.74) is 1.06. The van der Waals surface area contributed by atoms with Gasteiger partial charge in [-0.2, -0.15) is 0 Å². The van der Waals surface area contributed by atoms with E-state index in [0.717, 1.165) is 0 Å². The molecule has 0 saturated heterocycles. The van der Waals surface area contributed by atoms with Gasteiger partial charge in [0.2, 0.25) is 5.91 Å². The molecule has 2 N–H and O–H groups in total. The summed E-state index contributed by atoms with van der Waals surface area (Å²) >= 11 is 0. The van der Waals surface area contributed by atoms with Crippen LogP contribution in [0.3, 0.4) is 0 Å². The monoisotopic (exact) mass is 402 g/mol. The molecule has 0 radical (unpaired) electrons. The number of carbonyl (C=O) groups is 3. The van der Waals surface area contributed by atoms with E-state index >= 15 is 0 Å². The maximum absolute atomic E-state index is 12.4. The fourth-order valence-electron chi connectivity index (χ4n) is 2.47. The van der Waals surface area contributed by atoms with E-state index in [9.17, 15) is 14.4 Å². The van der Waals surface area contributed by atoms with Gasteiger partial charge in [-0.25, -0.2) is 4.79 Å². The van der Waals surface area contributed by atoms with Gasteiger partial charge < -0.3 is 29.6 Å². The van der Waals surface area contributed by atoms with Crippen LogP contribution in [0, 0.1) is 0 Å². The molecular weight excluding hydrogens is 380 g/mol. The van der Waals surface area contributed by atoms with Gasteiger partial charge >= 0.3 is 5.97 Å². The van der Waals surface area contributed by atoms with E-state index < -0.39 is 18.5 Å². The summed E-state index contributed by atoms with van der Waals surface area (Å²) in [5, 5.41) is 5.20. The lowest BCUT2D eigenvalue weighted by Crippen LogP contribution is -2.21. The Labute approximate surface area is 167 Å².